The van der Waals surface area contributed by atoms with Crippen LogP contribution in [-0.4, -0.2) is 37.6 Å². The Labute approximate surface area is 70.0 Å². The SMILES string of the molecule is [CH2]CC(C)CN1CCNCC1. The summed E-state index contributed by atoms with van der Waals surface area (Å²) in [6, 6.07) is 0. The van der Waals surface area contributed by atoms with Crippen molar-refractivity contribution in [3.8, 4) is 0 Å². The van der Waals surface area contributed by atoms with Crippen LogP contribution in [0.3, 0.4) is 0 Å². The number of rotatable bonds is 3. The third kappa shape index (κ3) is 3.21. The Bertz CT molecular complexity index is 97.7. The molecule has 0 aromatic carbocycles. The van der Waals surface area contributed by atoms with Crippen LogP contribution >= 0.6 is 0 Å². The number of hydrogen-bond acceptors (Lipinski definition) is 2. The maximum absolute atomic E-state index is 3.91. The molecule has 1 saturated heterocycles. The van der Waals surface area contributed by atoms with Gasteiger partial charge in [0.15, 0.2) is 0 Å². The number of nitrogens with one attached hydrogen (secondary N) is 1. The van der Waals surface area contributed by atoms with Crippen molar-refractivity contribution in [2.75, 3.05) is 32.7 Å². The molecule has 0 aliphatic carbocycles. The summed E-state index contributed by atoms with van der Waals surface area (Å²) in [5.41, 5.74) is 0. The first-order chi connectivity index (χ1) is 5.33. The lowest BCUT2D eigenvalue weighted by Crippen LogP contribution is -2.44. The van der Waals surface area contributed by atoms with E-state index in [9.17, 15) is 0 Å². The number of piperazine rings is 1. The molecular formula is C9H19N2. The molecule has 65 valence electrons. The third-order valence-electron chi connectivity index (χ3n) is 2.27. The highest BCUT2D eigenvalue weighted by molar-refractivity contribution is 4.69. The van der Waals surface area contributed by atoms with Gasteiger partial charge in [0.2, 0.25) is 0 Å². The molecule has 1 rings (SSSR count). The van der Waals surface area contributed by atoms with Crippen LogP contribution in [0.5, 0.6) is 0 Å². The van der Waals surface area contributed by atoms with Crippen LogP contribution in [0.1, 0.15) is 13.3 Å². The van der Waals surface area contributed by atoms with Gasteiger partial charge in [-0.3, -0.25) is 0 Å². The second-order valence-electron chi connectivity index (χ2n) is 3.44. The Balaban J connectivity index is 2.13. The van der Waals surface area contributed by atoms with Crippen LogP contribution in [-0.2, 0) is 0 Å². The van der Waals surface area contributed by atoms with Crippen LogP contribution in [0.25, 0.3) is 0 Å². The van der Waals surface area contributed by atoms with Crippen molar-refractivity contribution >= 4 is 0 Å². The van der Waals surface area contributed by atoms with E-state index in [1.807, 2.05) is 0 Å². The molecule has 0 bridgehead atoms. The minimum Gasteiger partial charge on any atom is -0.314 e. The minimum absolute atomic E-state index is 0.757. The first-order valence-corrected chi connectivity index (χ1v) is 4.55. The Morgan fingerprint density at radius 1 is 1.45 bits per heavy atom. The minimum atomic E-state index is 0.757. The van der Waals surface area contributed by atoms with Crippen molar-refractivity contribution < 1.29 is 0 Å². The Morgan fingerprint density at radius 3 is 2.64 bits per heavy atom. The summed E-state index contributed by atoms with van der Waals surface area (Å²) < 4.78 is 0. The van der Waals surface area contributed by atoms with Gasteiger partial charge >= 0.3 is 0 Å². The highest BCUT2D eigenvalue weighted by Gasteiger charge is 2.11. The van der Waals surface area contributed by atoms with Crippen molar-refractivity contribution in [1.29, 1.82) is 0 Å². The maximum atomic E-state index is 3.91. The Hall–Kier alpha value is -0.0800. The van der Waals surface area contributed by atoms with Crippen LogP contribution in [0.2, 0.25) is 0 Å². The quantitative estimate of drug-likeness (QED) is 0.647. The average Bonchev–Trinajstić information content (AvgIpc) is 2.06. The van der Waals surface area contributed by atoms with E-state index in [0.717, 1.165) is 25.4 Å². The van der Waals surface area contributed by atoms with Crippen molar-refractivity contribution in [3.05, 3.63) is 6.92 Å². The molecule has 2 heteroatoms. The second kappa shape index (κ2) is 4.73. The number of nitrogens with zero attached hydrogens (tertiary/aromatic N) is 1. The van der Waals surface area contributed by atoms with Crippen molar-refractivity contribution in [2.45, 2.75) is 13.3 Å². The lowest BCUT2D eigenvalue weighted by molar-refractivity contribution is 0.212. The summed E-state index contributed by atoms with van der Waals surface area (Å²) in [6.45, 7) is 12.1. The third-order valence-corrected chi connectivity index (χ3v) is 2.27. The lowest BCUT2D eigenvalue weighted by atomic mass is 10.1. The summed E-state index contributed by atoms with van der Waals surface area (Å²) in [5, 5.41) is 3.35. The van der Waals surface area contributed by atoms with Gasteiger partial charge in [0.05, 0.1) is 0 Å². The molecule has 0 spiro atoms. The molecule has 1 aliphatic rings. The fourth-order valence-corrected chi connectivity index (χ4v) is 1.43. The number of hydrogen-bond donors (Lipinski definition) is 1. The molecule has 0 amide bonds. The van der Waals surface area contributed by atoms with E-state index in [1.165, 1.54) is 19.6 Å². The Kier molecular flexibility index (Phi) is 3.87. The van der Waals surface area contributed by atoms with E-state index in [-0.39, 0.29) is 0 Å². The molecule has 1 heterocycles. The lowest BCUT2D eigenvalue weighted by Gasteiger charge is -2.29. The average molecular weight is 155 g/mol. The molecule has 1 atom stereocenters. The first kappa shape index (κ1) is 9.01. The second-order valence-corrected chi connectivity index (χ2v) is 3.44. The topological polar surface area (TPSA) is 15.3 Å². The smallest absolute Gasteiger partial charge is 0.0107 e. The molecule has 0 aromatic rings. The zero-order valence-corrected chi connectivity index (χ0v) is 7.47. The maximum Gasteiger partial charge on any atom is 0.0107 e. The van der Waals surface area contributed by atoms with E-state index in [0.29, 0.717) is 0 Å². The van der Waals surface area contributed by atoms with E-state index >= 15 is 0 Å². The predicted molar refractivity (Wildman–Crippen MR) is 48.4 cm³/mol. The molecule has 1 aliphatic heterocycles. The highest BCUT2D eigenvalue weighted by Crippen LogP contribution is 2.04. The van der Waals surface area contributed by atoms with Crippen LogP contribution in [0, 0.1) is 12.8 Å². The summed E-state index contributed by atoms with van der Waals surface area (Å²) in [5.74, 6) is 0.757. The van der Waals surface area contributed by atoms with Crippen LogP contribution < -0.4 is 5.32 Å². The molecule has 1 fully saturated rings. The summed E-state index contributed by atoms with van der Waals surface area (Å²) in [6.07, 6.45) is 1.06. The van der Waals surface area contributed by atoms with Gasteiger partial charge in [0, 0.05) is 32.7 Å². The Morgan fingerprint density at radius 2 is 2.09 bits per heavy atom. The first-order valence-electron chi connectivity index (χ1n) is 4.55. The predicted octanol–water partition coefficient (Wildman–Crippen LogP) is 0.752. The van der Waals surface area contributed by atoms with Crippen LogP contribution in [0.4, 0.5) is 0 Å². The molecule has 0 aromatic heterocycles. The molecule has 0 saturated carbocycles. The molecule has 1 unspecified atom stereocenters. The van der Waals surface area contributed by atoms with E-state index in [4.69, 9.17) is 0 Å². The zero-order chi connectivity index (χ0) is 8.10. The van der Waals surface area contributed by atoms with Gasteiger partial charge in [-0.25, -0.2) is 0 Å². The van der Waals surface area contributed by atoms with Gasteiger partial charge in [0.1, 0.15) is 0 Å². The van der Waals surface area contributed by atoms with Gasteiger partial charge in [0.25, 0.3) is 0 Å². The monoisotopic (exact) mass is 155 g/mol. The van der Waals surface area contributed by atoms with Gasteiger partial charge < -0.3 is 10.2 Å². The largest absolute Gasteiger partial charge is 0.314 e. The summed E-state index contributed by atoms with van der Waals surface area (Å²) >= 11 is 0. The molecule has 1 N–H and O–H groups in total. The van der Waals surface area contributed by atoms with Gasteiger partial charge in [-0.2, -0.15) is 0 Å². The summed E-state index contributed by atoms with van der Waals surface area (Å²) in [4.78, 5) is 2.52. The van der Waals surface area contributed by atoms with E-state index in [2.05, 4.69) is 24.1 Å². The summed E-state index contributed by atoms with van der Waals surface area (Å²) in [7, 11) is 0. The van der Waals surface area contributed by atoms with Gasteiger partial charge in [-0.15, -0.1) is 0 Å². The standard InChI is InChI=1S/C9H19N2/c1-3-9(2)8-11-6-4-10-5-7-11/h9-10H,1,3-8H2,2H3. The normalized spacial score (nSPS) is 23.5. The molecule has 2 nitrogen and oxygen atoms in total. The highest BCUT2D eigenvalue weighted by atomic mass is 15.2. The van der Waals surface area contributed by atoms with Crippen molar-refractivity contribution in [2.24, 2.45) is 5.92 Å². The van der Waals surface area contributed by atoms with Crippen LogP contribution in [0.15, 0.2) is 0 Å². The van der Waals surface area contributed by atoms with Gasteiger partial charge in [-0.1, -0.05) is 13.8 Å². The zero-order valence-electron chi connectivity index (χ0n) is 7.47. The van der Waals surface area contributed by atoms with Crippen molar-refractivity contribution in [3.63, 3.8) is 0 Å². The van der Waals surface area contributed by atoms with E-state index in [1.54, 1.807) is 0 Å². The fraction of sp³-hybridized carbons (Fsp3) is 0.889. The molecule has 11 heavy (non-hydrogen) atoms. The molecular weight excluding hydrogens is 136 g/mol. The van der Waals surface area contributed by atoms with Gasteiger partial charge in [-0.05, 0) is 12.3 Å². The van der Waals surface area contributed by atoms with Crippen molar-refractivity contribution in [1.82, 2.24) is 10.2 Å². The molecule has 1 radical (unpaired) electrons. The fourth-order valence-electron chi connectivity index (χ4n) is 1.43. The van der Waals surface area contributed by atoms with E-state index < -0.39 is 0 Å².